The second-order valence-corrected chi connectivity index (χ2v) is 6.93. The number of ether oxygens (including phenoxy) is 3. The zero-order valence-corrected chi connectivity index (χ0v) is 18.1. The Morgan fingerprint density at radius 1 is 1.07 bits per heavy atom. The first-order valence-corrected chi connectivity index (χ1v) is 9.82. The van der Waals surface area contributed by atoms with E-state index in [9.17, 15) is 9.59 Å². The highest BCUT2D eigenvalue weighted by atomic mass is 79.9. The lowest BCUT2D eigenvalue weighted by molar-refractivity contribution is -0.115. The second kappa shape index (κ2) is 10.3. The molecule has 0 heterocycles. The standard InChI is InChI=1S/C20H21BrClNO5/c1-4-27-17-9-13(14(21)11-18(17)28-5-2)10-19(24)23-16-8-12(20(25)26-3)6-7-15(16)22/h6-9,11H,4-5,10H2,1-3H3,(H,23,24). The molecule has 0 saturated heterocycles. The molecule has 0 unspecified atom stereocenters. The summed E-state index contributed by atoms with van der Waals surface area (Å²) in [6.07, 6.45) is 0.0752. The van der Waals surface area contributed by atoms with Gasteiger partial charge in [-0.25, -0.2) is 4.79 Å². The Bertz CT molecular complexity index is 872. The molecule has 0 fully saturated rings. The van der Waals surface area contributed by atoms with Gasteiger partial charge in [0.15, 0.2) is 11.5 Å². The predicted octanol–water partition coefficient (Wildman–Crippen LogP) is 4.87. The minimum Gasteiger partial charge on any atom is -0.490 e. The van der Waals surface area contributed by atoms with E-state index in [-0.39, 0.29) is 12.3 Å². The Morgan fingerprint density at radius 2 is 1.71 bits per heavy atom. The molecule has 8 heteroatoms. The summed E-state index contributed by atoms with van der Waals surface area (Å²) in [7, 11) is 1.29. The topological polar surface area (TPSA) is 73.9 Å². The first kappa shape index (κ1) is 22.0. The molecule has 28 heavy (non-hydrogen) atoms. The Hall–Kier alpha value is -2.25. The first-order valence-electron chi connectivity index (χ1n) is 8.65. The van der Waals surface area contributed by atoms with E-state index < -0.39 is 5.97 Å². The summed E-state index contributed by atoms with van der Waals surface area (Å²) in [6.45, 7) is 4.74. The van der Waals surface area contributed by atoms with Gasteiger partial charge in [0, 0.05) is 4.47 Å². The highest BCUT2D eigenvalue weighted by Gasteiger charge is 2.15. The summed E-state index contributed by atoms with van der Waals surface area (Å²) >= 11 is 9.60. The predicted molar refractivity (Wildman–Crippen MR) is 112 cm³/mol. The molecule has 0 radical (unpaired) electrons. The van der Waals surface area contributed by atoms with Crippen molar-refractivity contribution in [2.24, 2.45) is 0 Å². The van der Waals surface area contributed by atoms with Crippen LogP contribution in [0.4, 0.5) is 5.69 Å². The van der Waals surface area contributed by atoms with E-state index in [4.69, 9.17) is 21.1 Å². The number of methoxy groups -OCH3 is 1. The van der Waals surface area contributed by atoms with Gasteiger partial charge in [0.1, 0.15) is 0 Å². The maximum absolute atomic E-state index is 12.5. The van der Waals surface area contributed by atoms with Crippen LogP contribution >= 0.6 is 27.5 Å². The van der Waals surface area contributed by atoms with Gasteiger partial charge in [-0.05, 0) is 49.7 Å². The van der Waals surface area contributed by atoms with Crippen LogP contribution in [0.25, 0.3) is 0 Å². The third-order valence-corrected chi connectivity index (χ3v) is 4.79. The number of nitrogens with one attached hydrogen (secondary N) is 1. The number of anilines is 1. The van der Waals surface area contributed by atoms with Crippen LogP contribution in [-0.4, -0.2) is 32.2 Å². The molecular weight excluding hydrogens is 450 g/mol. The Balaban J connectivity index is 2.21. The van der Waals surface area contributed by atoms with Gasteiger partial charge in [-0.3, -0.25) is 4.79 Å². The van der Waals surface area contributed by atoms with Crippen molar-refractivity contribution >= 4 is 45.1 Å². The molecule has 0 aliphatic carbocycles. The van der Waals surface area contributed by atoms with Crippen molar-refractivity contribution in [1.82, 2.24) is 0 Å². The number of hydrogen-bond donors (Lipinski definition) is 1. The molecule has 2 rings (SSSR count). The van der Waals surface area contributed by atoms with Gasteiger partial charge >= 0.3 is 5.97 Å². The van der Waals surface area contributed by atoms with E-state index in [1.807, 2.05) is 13.8 Å². The van der Waals surface area contributed by atoms with E-state index in [2.05, 4.69) is 26.0 Å². The molecule has 0 spiro atoms. The van der Waals surface area contributed by atoms with Crippen LogP contribution < -0.4 is 14.8 Å². The van der Waals surface area contributed by atoms with Gasteiger partial charge in [-0.1, -0.05) is 27.5 Å². The van der Waals surface area contributed by atoms with Gasteiger partial charge in [0.2, 0.25) is 5.91 Å². The van der Waals surface area contributed by atoms with Crippen LogP contribution in [0.1, 0.15) is 29.8 Å². The Morgan fingerprint density at radius 3 is 2.32 bits per heavy atom. The quantitative estimate of drug-likeness (QED) is 0.557. The smallest absolute Gasteiger partial charge is 0.337 e. The summed E-state index contributed by atoms with van der Waals surface area (Å²) < 4.78 is 16.6. The lowest BCUT2D eigenvalue weighted by Crippen LogP contribution is -2.16. The molecule has 0 aliphatic rings. The molecule has 0 bridgehead atoms. The Kier molecular flexibility index (Phi) is 8.14. The number of rotatable bonds is 8. The van der Waals surface area contributed by atoms with Crippen LogP contribution in [0, 0.1) is 0 Å². The van der Waals surface area contributed by atoms with E-state index in [0.29, 0.717) is 41.0 Å². The number of hydrogen-bond acceptors (Lipinski definition) is 5. The van der Waals surface area contributed by atoms with Crippen molar-refractivity contribution in [3.63, 3.8) is 0 Å². The number of benzene rings is 2. The van der Waals surface area contributed by atoms with Gasteiger partial charge in [0.25, 0.3) is 0 Å². The highest BCUT2D eigenvalue weighted by molar-refractivity contribution is 9.10. The fraction of sp³-hybridized carbons (Fsp3) is 0.300. The number of amides is 1. The second-order valence-electron chi connectivity index (χ2n) is 5.67. The molecule has 0 atom stereocenters. The molecule has 0 saturated carbocycles. The maximum Gasteiger partial charge on any atom is 0.337 e. The molecule has 150 valence electrons. The van der Waals surface area contributed by atoms with E-state index in [1.165, 1.54) is 25.3 Å². The molecule has 0 aliphatic heterocycles. The summed E-state index contributed by atoms with van der Waals surface area (Å²) in [5.41, 5.74) is 1.36. The van der Waals surface area contributed by atoms with Crippen molar-refractivity contribution in [3.05, 3.63) is 51.0 Å². The van der Waals surface area contributed by atoms with E-state index in [1.54, 1.807) is 12.1 Å². The summed E-state index contributed by atoms with van der Waals surface area (Å²) in [5.74, 6) is 0.370. The van der Waals surface area contributed by atoms with Crippen molar-refractivity contribution in [2.45, 2.75) is 20.3 Å². The highest BCUT2D eigenvalue weighted by Crippen LogP contribution is 2.34. The molecular formula is C20H21BrClNO5. The third kappa shape index (κ3) is 5.62. The lowest BCUT2D eigenvalue weighted by Gasteiger charge is -2.14. The molecule has 1 N–H and O–H groups in total. The maximum atomic E-state index is 12.5. The average molecular weight is 471 g/mol. The number of halogens is 2. The summed E-state index contributed by atoms with van der Waals surface area (Å²) in [4.78, 5) is 24.2. The number of carbonyl (C=O) groups is 2. The molecule has 6 nitrogen and oxygen atoms in total. The SMILES string of the molecule is CCOc1cc(Br)c(CC(=O)Nc2cc(C(=O)OC)ccc2Cl)cc1OCC. The van der Waals surface area contributed by atoms with Gasteiger partial charge in [0.05, 0.1) is 43.0 Å². The van der Waals surface area contributed by atoms with Gasteiger partial charge < -0.3 is 19.5 Å². The summed E-state index contributed by atoms with van der Waals surface area (Å²) in [5, 5.41) is 3.05. The van der Waals surface area contributed by atoms with Crippen LogP contribution in [0.15, 0.2) is 34.8 Å². The molecule has 0 aromatic heterocycles. The molecule has 2 aromatic carbocycles. The number of esters is 1. The van der Waals surface area contributed by atoms with Crippen molar-refractivity contribution in [2.75, 3.05) is 25.6 Å². The largest absolute Gasteiger partial charge is 0.490 e. The zero-order valence-electron chi connectivity index (χ0n) is 15.8. The fourth-order valence-electron chi connectivity index (χ4n) is 2.48. The van der Waals surface area contributed by atoms with Gasteiger partial charge in [-0.15, -0.1) is 0 Å². The normalized spacial score (nSPS) is 10.3. The van der Waals surface area contributed by atoms with Crippen molar-refractivity contribution in [1.29, 1.82) is 0 Å². The fourth-order valence-corrected chi connectivity index (χ4v) is 3.11. The monoisotopic (exact) mass is 469 g/mol. The minimum absolute atomic E-state index is 0.0752. The molecule has 1 amide bonds. The van der Waals surface area contributed by atoms with E-state index >= 15 is 0 Å². The zero-order chi connectivity index (χ0) is 20.7. The lowest BCUT2D eigenvalue weighted by atomic mass is 10.1. The number of carbonyl (C=O) groups excluding carboxylic acids is 2. The van der Waals surface area contributed by atoms with Crippen molar-refractivity contribution < 1.29 is 23.8 Å². The van der Waals surface area contributed by atoms with Crippen LogP contribution in [-0.2, 0) is 16.0 Å². The minimum atomic E-state index is -0.511. The van der Waals surface area contributed by atoms with Gasteiger partial charge in [-0.2, -0.15) is 0 Å². The van der Waals surface area contributed by atoms with Crippen LogP contribution in [0.3, 0.4) is 0 Å². The van der Waals surface area contributed by atoms with Crippen molar-refractivity contribution in [3.8, 4) is 11.5 Å². The molecule has 2 aromatic rings. The van der Waals surface area contributed by atoms with Crippen LogP contribution in [0.5, 0.6) is 11.5 Å². The van der Waals surface area contributed by atoms with E-state index in [0.717, 1.165) is 10.0 Å². The first-order chi connectivity index (χ1) is 13.4. The summed E-state index contributed by atoms with van der Waals surface area (Å²) in [6, 6.07) is 8.09. The average Bonchev–Trinajstić information content (AvgIpc) is 2.66. The van der Waals surface area contributed by atoms with Crippen LogP contribution in [0.2, 0.25) is 5.02 Å². The third-order valence-electron chi connectivity index (χ3n) is 3.72. The Labute approximate surface area is 177 Å².